The Kier molecular flexibility index (Phi) is 9.80. The molecule has 0 unspecified atom stereocenters. The minimum atomic E-state index is -5.20. The summed E-state index contributed by atoms with van der Waals surface area (Å²) in [6.45, 7) is 0. The molecule has 1 heterocycles. The summed E-state index contributed by atoms with van der Waals surface area (Å²) in [4.78, 5) is 44.5. The molecular formula is C33H19N5O16S3. The van der Waals surface area contributed by atoms with Crippen LogP contribution in [0.15, 0.2) is 99.6 Å². The topological polar surface area (TPSA) is 318 Å². The van der Waals surface area contributed by atoms with Crippen LogP contribution in [0.5, 0.6) is 17.2 Å². The van der Waals surface area contributed by atoms with Gasteiger partial charge in [-0.15, -0.1) is 4.33 Å². The van der Waals surface area contributed by atoms with Crippen molar-refractivity contribution in [2.24, 2.45) is 0 Å². The Labute approximate surface area is 322 Å². The van der Waals surface area contributed by atoms with Crippen molar-refractivity contribution < 1.29 is 65.1 Å². The van der Waals surface area contributed by atoms with Gasteiger partial charge in [0, 0.05) is 39.6 Å². The Balaban J connectivity index is 1.56. The first kappa shape index (κ1) is 38.6. The summed E-state index contributed by atoms with van der Waals surface area (Å²) in [7, 11) is -9.84. The predicted molar refractivity (Wildman–Crippen MR) is 195 cm³/mol. The SMILES string of the molecule is O=C1c2ccccc2-c2nc(-c3cc(SOOO)ccc3O)nc3c(Oc4ccc(S(=O)(=O)O)cc4)cc(Nc4c([N+](=O)[O-])cc(S(=O)(=O)O)cc4[N+](=O)[O-])c1c23. The van der Waals surface area contributed by atoms with Crippen molar-refractivity contribution in [3.05, 3.63) is 116 Å². The standard InChI is InChI=1S/C33H19N5O16S3/c39-25-10-7-16(55-54-53-45)11-21(25)33-35-29-19-3-1-2-4-20(19)32(40)27-22(34-30-23(37(41)42)12-18(57(49,50)51)13-24(30)38(43)44)14-26(31(36-33)28(27)29)52-15-5-8-17(9-6-15)56(46,47)48/h1-14,34,39,45H,(H,46,47,48)(H,49,50,51). The number of benzene rings is 5. The van der Waals surface area contributed by atoms with Gasteiger partial charge in [0.05, 0.1) is 49.3 Å². The first-order chi connectivity index (χ1) is 27.0. The fraction of sp³-hybridized carbons (Fsp3) is 0. The molecule has 57 heavy (non-hydrogen) atoms. The Morgan fingerprint density at radius 3 is 2.00 bits per heavy atom. The number of nitro benzene ring substituents is 2. The maximum atomic E-state index is 14.4. The fourth-order valence-electron chi connectivity index (χ4n) is 5.93. The van der Waals surface area contributed by atoms with Crippen LogP contribution in [0.3, 0.4) is 0 Å². The second-order valence-electron chi connectivity index (χ2n) is 11.7. The van der Waals surface area contributed by atoms with Crippen LogP contribution in [-0.4, -0.2) is 61.9 Å². The number of ether oxygens (including phenoxy) is 1. The number of phenolic OH excluding ortho intramolecular Hbond substituents is 1. The van der Waals surface area contributed by atoms with E-state index < -0.39 is 62.7 Å². The number of nitrogens with zero attached hydrogens (tertiary/aromatic N) is 4. The van der Waals surface area contributed by atoms with Crippen molar-refractivity contribution in [3.63, 3.8) is 0 Å². The lowest BCUT2D eigenvalue weighted by atomic mass is 9.85. The smallest absolute Gasteiger partial charge is 0.301 e. The highest BCUT2D eigenvalue weighted by Gasteiger charge is 2.36. The Morgan fingerprint density at radius 1 is 0.772 bits per heavy atom. The summed E-state index contributed by atoms with van der Waals surface area (Å²) in [6.07, 6.45) is 0. The van der Waals surface area contributed by atoms with Gasteiger partial charge in [0.1, 0.15) is 21.9 Å². The normalized spacial score (nSPS) is 12.3. The zero-order chi connectivity index (χ0) is 41.0. The molecule has 0 spiro atoms. The Hall–Kier alpha value is -6.64. The number of rotatable bonds is 12. The van der Waals surface area contributed by atoms with Gasteiger partial charge in [0.25, 0.3) is 20.2 Å². The summed E-state index contributed by atoms with van der Waals surface area (Å²) >= 11 is 0.553. The lowest BCUT2D eigenvalue weighted by Crippen LogP contribution is -2.15. The number of nitrogens with one attached hydrogen (secondary N) is 1. The second-order valence-corrected chi connectivity index (χ2v) is 15.3. The van der Waals surface area contributed by atoms with Gasteiger partial charge in [-0.2, -0.15) is 16.8 Å². The number of hydrogen-bond acceptors (Lipinski definition) is 18. The molecular weight excluding hydrogens is 819 g/mol. The summed E-state index contributed by atoms with van der Waals surface area (Å²) in [6, 6.07) is 16.2. The lowest BCUT2D eigenvalue weighted by Gasteiger charge is -2.24. The van der Waals surface area contributed by atoms with Crippen LogP contribution in [0.4, 0.5) is 22.7 Å². The largest absolute Gasteiger partial charge is 0.507 e. The number of aromatic nitrogens is 2. The average Bonchev–Trinajstić information content (AvgIpc) is 3.16. The minimum Gasteiger partial charge on any atom is -0.507 e. The minimum absolute atomic E-state index is 0.00791. The van der Waals surface area contributed by atoms with E-state index in [1.54, 1.807) is 12.1 Å². The first-order valence-electron chi connectivity index (χ1n) is 15.4. The highest BCUT2D eigenvalue weighted by molar-refractivity contribution is 7.94. The molecule has 290 valence electrons. The van der Waals surface area contributed by atoms with Crippen LogP contribution in [0.2, 0.25) is 0 Å². The summed E-state index contributed by atoms with van der Waals surface area (Å²) in [5.41, 5.74) is -3.78. The molecule has 0 atom stereocenters. The van der Waals surface area contributed by atoms with Crippen molar-refractivity contribution in [3.8, 4) is 39.9 Å². The molecule has 1 aromatic heterocycles. The lowest BCUT2D eigenvalue weighted by molar-refractivity contribution is -0.432. The van der Waals surface area contributed by atoms with Gasteiger partial charge in [0.2, 0.25) is 0 Å². The maximum Gasteiger partial charge on any atom is 0.301 e. The molecule has 6 aromatic rings. The molecule has 21 nitrogen and oxygen atoms in total. The Morgan fingerprint density at radius 2 is 1.40 bits per heavy atom. The molecule has 7 rings (SSSR count). The summed E-state index contributed by atoms with van der Waals surface area (Å²) < 4.78 is 77.0. The maximum absolute atomic E-state index is 14.4. The molecule has 0 bridgehead atoms. The van der Waals surface area contributed by atoms with Gasteiger partial charge in [-0.05, 0) is 42.5 Å². The van der Waals surface area contributed by atoms with E-state index in [2.05, 4.69) is 24.7 Å². The Bertz CT molecular complexity index is 2910. The van der Waals surface area contributed by atoms with E-state index >= 15 is 0 Å². The van der Waals surface area contributed by atoms with Crippen LogP contribution in [-0.2, 0) is 29.6 Å². The van der Waals surface area contributed by atoms with E-state index in [1.165, 1.54) is 30.3 Å². The predicted octanol–water partition coefficient (Wildman–Crippen LogP) is 6.49. The monoisotopic (exact) mass is 837 g/mol. The summed E-state index contributed by atoms with van der Waals surface area (Å²) in [5, 5.41) is 50.2. The van der Waals surface area contributed by atoms with Crippen molar-refractivity contribution in [2.45, 2.75) is 14.7 Å². The van der Waals surface area contributed by atoms with Crippen LogP contribution < -0.4 is 10.1 Å². The zero-order valence-corrected chi connectivity index (χ0v) is 30.2. The number of nitro groups is 2. The number of hydrogen-bond donors (Lipinski definition) is 5. The van der Waals surface area contributed by atoms with Crippen molar-refractivity contribution >= 4 is 71.7 Å². The van der Waals surface area contributed by atoms with Crippen molar-refractivity contribution in [1.82, 2.24) is 9.97 Å². The van der Waals surface area contributed by atoms with Crippen molar-refractivity contribution in [1.29, 1.82) is 0 Å². The van der Waals surface area contributed by atoms with E-state index in [4.69, 9.17) is 9.99 Å². The molecule has 1 aliphatic rings. The van der Waals surface area contributed by atoms with Crippen LogP contribution in [0.1, 0.15) is 15.9 Å². The first-order valence-corrected chi connectivity index (χ1v) is 19.1. The molecule has 1 aliphatic carbocycles. The number of aromatic hydroxyl groups is 1. The third-order valence-electron chi connectivity index (χ3n) is 8.33. The average molecular weight is 838 g/mol. The zero-order valence-electron chi connectivity index (χ0n) is 27.8. The van der Waals surface area contributed by atoms with Gasteiger partial charge < -0.3 is 15.2 Å². The quantitative estimate of drug-likeness (QED) is 0.0288. The van der Waals surface area contributed by atoms with Gasteiger partial charge in [0.15, 0.2) is 23.0 Å². The van der Waals surface area contributed by atoms with E-state index in [1.807, 2.05) is 0 Å². The molecule has 5 aromatic carbocycles. The third kappa shape index (κ3) is 7.28. The van der Waals surface area contributed by atoms with Gasteiger partial charge >= 0.3 is 11.4 Å². The third-order valence-corrected chi connectivity index (χ3v) is 10.6. The highest BCUT2D eigenvalue weighted by atomic mass is 32.2. The second kappa shape index (κ2) is 14.5. The summed E-state index contributed by atoms with van der Waals surface area (Å²) in [5.74, 6) is -1.62. The number of fused-ring (bicyclic) bond motifs is 2. The molecule has 0 amide bonds. The van der Waals surface area contributed by atoms with Gasteiger partial charge in [-0.25, -0.2) is 15.2 Å². The van der Waals surface area contributed by atoms with Crippen LogP contribution in [0.25, 0.3) is 33.5 Å². The number of ketones is 1. The van der Waals surface area contributed by atoms with E-state index in [-0.39, 0.29) is 72.5 Å². The van der Waals surface area contributed by atoms with Crippen LogP contribution in [0, 0.1) is 20.2 Å². The van der Waals surface area contributed by atoms with E-state index in [0.29, 0.717) is 24.2 Å². The number of carbonyl (C=O) groups is 1. The number of anilines is 2. The molecule has 24 heteroatoms. The van der Waals surface area contributed by atoms with Crippen molar-refractivity contribution in [2.75, 3.05) is 5.32 Å². The molecule has 0 saturated carbocycles. The highest BCUT2D eigenvalue weighted by Crippen LogP contribution is 2.49. The number of carbonyl (C=O) groups excluding carboxylic acids is 1. The molecule has 5 N–H and O–H groups in total. The van der Waals surface area contributed by atoms with E-state index in [0.717, 1.165) is 30.3 Å². The van der Waals surface area contributed by atoms with E-state index in [9.17, 15) is 56.1 Å². The molecule has 0 saturated heterocycles. The van der Waals surface area contributed by atoms with Gasteiger partial charge in [-0.1, -0.05) is 29.3 Å². The van der Waals surface area contributed by atoms with Gasteiger partial charge in [-0.3, -0.25) is 34.1 Å². The molecule has 0 radical (unpaired) electrons. The fourth-order valence-corrected chi connectivity index (χ4v) is 7.33. The molecule has 0 aliphatic heterocycles. The molecule has 0 fully saturated rings. The van der Waals surface area contributed by atoms with Crippen LogP contribution >= 0.6 is 12.0 Å². The number of phenols is 1.